The van der Waals surface area contributed by atoms with Gasteiger partial charge in [0.25, 0.3) is 0 Å². The molecule has 7 heteroatoms. The molecule has 1 rings (SSSR count). The minimum atomic E-state index is -3.66. The summed E-state index contributed by atoms with van der Waals surface area (Å²) < 4.78 is 27.1. The molecule has 0 bridgehead atoms. The van der Waals surface area contributed by atoms with Crippen LogP contribution in [0.15, 0.2) is 33.6 Å². The maximum atomic E-state index is 12.6. The van der Waals surface area contributed by atoms with Crippen molar-refractivity contribution < 1.29 is 13.2 Å². The van der Waals surface area contributed by atoms with E-state index in [9.17, 15) is 13.2 Å². The summed E-state index contributed by atoms with van der Waals surface area (Å²) in [5.74, 6) is -0.275. The SMILES string of the molecule is CCC[C@@H](C)NC(=O)CN(CC)S(=O)(=O)c1ccc(Br)cc1. The van der Waals surface area contributed by atoms with Gasteiger partial charge in [-0.2, -0.15) is 4.31 Å². The second-order valence-electron chi connectivity index (χ2n) is 5.14. The topological polar surface area (TPSA) is 66.5 Å². The van der Waals surface area contributed by atoms with Crippen molar-refractivity contribution in [1.82, 2.24) is 9.62 Å². The van der Waals surface area contributed by atoms with Crippen LogP contribution in [-0.2, 0) is 14.8 Å². The molecule has 0 unspecified atom stereocenters. The Morgan fingerprint density at radius 1 is 1.27 bits per heavy atom. The third kappa shape index (κ3) is 5.37. The molecule has 1 aromatic carbocycles. The number of likely N-dealkylation sites (N-methyl/N-ethyl adjacent to an activating group) is 1. The van der Waals surface area contributed by atoms with Gasteiger partial charge in [-0.15, -0.1) is 0 Å². The molecule has 0 heterocycles. The third-order valence-electron chi connectivity index (χ3n) is 3.25. The molecular formula is C15H23BrN2O3S. The molecule has 0 saturated heterocycles. The number of carbonyl (C=O) groups excluding carboxylic acids is 1. The Labute approximate surface area is 141 Å². The first kappa shape index (κ1) is 19.1. The number of halogens is 1. The summed E-state index contributed by atoms with van der Waals surface area (Å²) in [6, 6.07) is 6.44. The van der Waals surface area contributed by atoms with E-state index in [1.165, 1.54) is 16.4 Å². The highest BCUT2D eigenvalue weighted by molar-refractivity contribution is 9.10. The number of amides is 1. The maximum Gasteiger partial charge on any atom is 0.243 e. The van der Waals surface area contributed by atoms with E-state index in [-0.39, 0.29) is 29.9 Å². The van der Waals surface area contributed by atoms with Gasteiger partial charge in [0.2, 0.25) is 15.9 Å². The lowest BCUT2D eigenvalue weighted by Crippen LogP contribution is -2.43. The summed E-state index contributed by atoms with van der Waals surface area (Å²) in [4.78, 5) is 12.2. The monoisotopic (exact) mass is 390 g/mol. The number of carbonyl (C=O) groups is 1. The Hall–Kier alpha value is -0.920. The van der Waals surface area contributed by atoms with Gasteiger partial charge in [0.1, 0.15) is 0 Å². The van der Waals surface area contributed by atoms with Gasteiger partial charge >= 0.3 is 0 Å². The molecule has 0 saturated carbocycles. The van der Waals surface area contributed by atoms with E-state index < -0.39 is 10.0 Å². The van der Waals surface area contributed by atoms with Gasteiger partial charge in [0.15, 0.2) is 0 Å². The number of nitrogens with one attached hydrogen (secondary N) is 1. The largest absolute Gasteiger partial charge is 0.353 e. The summed E-state index contributed by atoms with van der Waals surface area (Å²) in [5, 5.41) is 2.83. The minimum Gasteiger partial charge on any atom is -0.353 e. The van der Waals surface area contributed by atoms with E-state index in [0.717, 1.165) is 17.3 Å². The lowest BCUT2D eigenvalue weighted by Gasteiger charge is -2.21. The molecule has 0 aliphatic rings. The van der Waals surface area contributed by atoms with Gasteiger partial charge in [-0.3, -0.25) is 4.79 Å². The summed E-state index contributed by atoms with van der Waals surface area (Å²) >= 11 is 3.28. The second-order valence-corrected chi connectivity index (χ2v) is 8.00. The quantitative estimate of drug-likeness (QED) is 0.741. The molecule has 0 fully saturated rings. The van der Waals surface area contributed by atoms with E-state index in [1.54, 1.807) is 19.1 Å². The molecule has 1 N–H and O–H groups in total. The average Bonchev–Trinajstić information content (AvgIpc) is 2.45. The first-order valence-electron chi connectivity index (χ1n) is 7.36. The van der Waals surface area contributed by atoms with Crippen molar-refractivity contribution in [2.75, 3.05) is 13.1 Å². The van der Waals surface area contributed by atoms with Crippen molar-refractivity contribution in [1.29, 1.82) is 0 Å². The summed E-state index contributed by atoms with van der Waals surface area (Å²) in [6.07, 6.45) is 1.84. The fraction of sp³-hybridized carbons (Fsp3) is 0.533. The average molecular weight is 391 g/mol. The molecule has 124 valence electrons. The van der Waals surface area contributed by atoms with Crippen LogP contribution in [0.5, 0.6) is 0 Å². The van der Waals surface area contributed by atoms with Gasteiger partial charge in [-0.05, 0) is 37.6 Å². The molecule has 1 atom stereocenters. The molecular weight excluding hydrogens is 368 g/mol. The standard InChI is InChI=1S/C15H23BrN2O3S/c1-4-6-12(3)17-15(19)11-18(5-2)22(20,21)14-9-7-13(16)8-10-14/h7-10,12H,4-6,11H2,1-3H3,(H,17,19)/t12-/m1/s1. The fourth-order valence-corrected chi connectivity index (χ4v) is 3.78. The van der Waals surface area contributed by atoms with Crippen LogP contribution in [0.4, 0.5) is 0 Å². The highest BCUT2D eigenvalue weighted by Gasteiger charge is 2.25. The van der Waals surface area contributed by atoms with Crippen LogP contribution >= 0.6 is 15.9 Å². The van der Waals surface area contributed by atoms with Crippen molar-refractivity contribution in [2.24, 2.45) is 0 Å². The molecule has 1 amide bonds. The molecule has 5 nitrogen and oxygen atoms in total. The number of hydrogen-bond donors (Lipinski definition) is 1. The Balaban J connectivity index is 2.82. The molecule has 0 aliphatic carbocycles. The molecule has 0 spiro atoms. The molecule has 22 heavy (non-hydrogen) atoms. The van der Waals surface area contributed by atoms with Crippen molar-refractivity contribution in [3.63, 3.8) is 0 Å². The Bertz CT molecular complexity index is 587. The van der Waals surface area contributed by atoms with Crippen LogP contribution < -0.4 is 5.32 Å². The van der Waals surface area contributed by atoms with Gasteiger partial charge in [-0.1, -0.05) is 36.2 Å². The van der Waals surface area contributed by atoms with Crippen LogP contribution in [0.1, 0.15) is 33.6 Å². The number of hydrogen-bond acceptors (Lipinski definition) is 3. The summed E-state index contributed by atoms with van der Waals surface area (Å²) in [6.45, 7) is 5.76. The Kier molecular flexibility index (Phi) is 7.52. The van der Waals surface area contributed by atoms with Crippen LogP contribution in [0.2, 0.25) is 0 Å². The molecule has 1 aromatic rings. The summed E-state index contributed by atoms with van der Waals surface area (Å²) in [5.41, 5.74) is 0. The Morgan fingerprint density at radius 3 is 2.36 bits per heavy atom. The van der Waals surface area contributed by atoms with Crippen LogP contribution in [0.25, 0.3) is 0 Å². The fourth-order valence-electron chi connectivity index (χ4n) is 2.11. The lowest BCUT2D eigenvalue weighted by molar-refractivity contribution is -0.121. The van der Waals surface area contributed by atoms with Gasteiger partial charge in [0, 0.05) is 17.1 Å². The van der Waals surface area contributed by atoms with Crippen molar-refractivity contribution in [3.8, 4) is 0 Å². The molecule has 0 aromatic heterocycles. The number of nitrogens with zero attached hydrogens (tertiary/aromatic N) is 1. The van der Waals surface area contributed by atoms with Gasteiger partial charge in [0.05, 0.1) is 11.4 Å². The zero-order chi connectivity index (χ0) is 16.8. The van der Waals surface area contributed by atoms with Crippen molar-refractivity contribution in [3.05, 3.63) is 28.7 Å². The van der Waals surface area contributed by atoms with E-state index in [4.69, 9.17) is 0 Å². The highest BCUT2D eigenvalue weighted by atomic mass is 79.9. The van der Waals surface area contributed by atoms with Gasteiger partial charge < -0.3 is 5.32 Å². The number of sulfonamides is 1. The van der Waals surface area contributed by atoms with Gasteiger partial charge in [-0.25, -0.2) is 8.42 Å². The predicted molar refractivity (Wildman–Crippen MR) is 91.1 cm³/mol. The van der Waals surface area contributed by atoms with Crippen LogP contribution in [0, 0.1) is 0 Å². The van der Waals surface area contributed by atoms with Crippen LogP contribution in [0.3, 0.4) is 0 Å². The third-order valence-corrected chi connectivity index (χ3v) is 5.72. The minimum absolute atomic E-state index is 0.0478. The lowest BCUT2D eigenvalue weighted by atomic mass is 10.2. The highest BCUT2D eigenvalue weighted by Crippen LogP contribution is 2.18. The van der Waals surface area contributed by atoms with E-state index >= 15 is 0 Å². The molecule has 0 radical (unpaired) electrons. The zero-order valence-electron chi connectivity index (χ0n) is 13.2. The maximum absolute atomic E-state index is 12.6. The normalized spacial score (nSPS) is 13.1. The van der Waals surface area contributed by atoms with Crippen LogP contribution in [-0.4, -0.2) is 37.8 Å². The first-order valence-corrected chi connectivity index (χ1v) is 9.59. The molecule has 0 aliphatic heterocycles. The van der Waals surface area contributed by atoms with E-state index in [0.29, 0.717) is 0 Å². The number of benzene rings is 1. The van der Waals surface area contributed by atoms with Crippen molar-refractivity contribution in [2.45, 2.75) is 44.6 Å². The smallest absolute Gasteiger partial charge is 0.243 e. The van der Waals surface area contributed by atoms with E-state index in [2.05, 4.69) is 21.2 Å². The summed E-state index contributed by atoms with van der Waals surface area (Å²) in [7, 11) is -3.66. The Morgan fingerprint density at radius 2 is 1.86 bits per heavy atom. The predicted octanol–water partition coefficient (Wildman–Crippen LogP) is 2.76. The number of rotatable bonds is 8. The zero-order valence-corrected chi connectivity index (χ0v) is 15.6. The first-order chi connectivity index (χ1) is 10.3. The van der Waals surface area contributed by atoms with Crippen molar-refractivity contribution >= 4 is 31.9 Å². The van der Waals surface area contributed by atoms with E-state index in [1.807, 2.05) is 13.8 Å². The second kappa shape index (κ2) is 8.64.